The van der Waals surface area contributed by atoms with Gasteiger partial charge >= 0.3 is 0 Å². The van der Waals surface area contributed by atoms with Gasteiger partial charge in [-0.3, -0.25) is 0 Å². The van der Waals surface area contributed by atoms with E-state index in [2.05, 4.69) is 26.2 Å². The molecule has 0 saturated heterocycles. The molecule has 2 N–H and O–H groups in total. The molecule has 0 aliphatic heterocycles. The lowest BCUT2D eigenvalue weighted by Gasteiger charge is -2.03. The fourth-order valence-corrected chi connectivity index (χ4v) is 1.83. The monoisotopic (exact) mass is 269 g/mol. The third kappa shape index (κ3) is 2.56. The number of halogens is 1. The van der Waals surface area contributed by atoms with Gasteiger partial charge in [-0.2, -0.15) is 0 Å². The predicted octanol–water partition coefficient (Wildman–Crippen LogP) is 1.18. The molecule has 0 fully saturated rings. The van der Waals surface area contributed by atoms with Crippen LogP contribution in [0, 0.1) is 0 Å². The molecule has 2 aromatic rings. The Morgan fingerprint density at radius 3 is 3.07 bits per heavy atom. The first-order chi connectivity index (χ1) is 7.29. The van der Waals surface area contributed by atoms with Gasteiger partial charge < -0.3 is 14.8 Å². The van der Waals surface area contributed by atoms with Crippen molar-refractivity contribution in [2.75, 3.05) is 13.2 Å². The number of hydrogen-bond donors (Lipinski definition) is 2. The van der Waals surface area contributed by atoms with Gasteiger partial charge in [-0.15, -0.1) is 0 Å². The molecular formula is C10H12BrN3O. The number of nitrogens with zero attached hydrogens (tertiary/aromatic N) is 2. The number of pyridine rings is 1. The molecule has 0 radical (unpaired) electrons. The lowest BCUT2D eigenvalue weighted by atomic mass is 10.3. The Bertz CT molecular complexity index is 455. The smallest absolute Gasteiger partial charge is 0.138 e. The van der Waals surface area contributed by atoms with Crippen molar-refractivity contribution in [3.05, 3.63) is 34.7 Å². The SMILES string of the molecule is OCCNCc1ccc2nc(Br)cn2c1. The topological polar surface area (TPSA) is 49.6 Å². The molecule has 0 aliphatic carbocycles. The maximum Gasteiger partial charge on any atom is 0.138 e. The van der Waals surface area contributed by atoms with Crippen LogP contribution in [0.1, 0.15) is 5.56 Å². The van der Waals surface area contributed by atoms with E-state index >= 15 is 0 Å². The predicted molar refractivity (Wildman–Crippen MR) is 61.7 cm³/mol. The standard InChI is InChI=1S/C10H12BrN3O/c11-9-7-14-6-8(5-12-3-4-15)1-2-10(14)13-9/h1-2,6-7,12,15H,3-5H2. The molecule has 5 heteroatoms. The third-order valence-corrected chi connectivity index (χ3v) is 2.48. The summed E-state index contributed by atoms with van der Waals surface area (Å²) < 4.78 is 2.81. The van der Waals surface area contributed by atoms with Crippen LogP contribution >= 0.6 is 15.9 Å². The van der Waals surface area contributed by atoms with Crippen molar-refractivity contribution < 1.29 is 5.11 Å². The molecule has 0 aliphatic rings. The summed E-state index contributed by atoms with van der Waals surface area (Å²) in [7, 11) is 0. The number of fused-ring (bicyclic) bond motifs is 1. The zero-order valence-corrected chi connectivity index (χ0v) is 9.74. The van der Waals surface area contributed by atoms with Crippen LogP contribution in [0.2, 0.25) is 0 Å². The normalized spacial score (nSPS) is 11.1. The Balaban J connectivity index is 2.15. The number of aliphatic hydroxyl groups is 1. The second kappa shape index (κ2) is 4.74. The van der Waals surface area contributed by atoms with Gasteiger partial charge in [0.25, 0.3) is 0 Å². The summed E-state index contributed by atoms with van der Waals surface area (Å²) in [6.07, 6.45) is 3.95. The van der Waals surface area contributed by atoms with E-state index in [-0.39, 0.29) is 6.61 Å². The van der Waals surface area contributed by atoms with Crippen molar-refractivity contribution in [2.24, 2.45) is 0 Å². The van der Waals surface area contributed by atoms with Crippen molar-refractivity contribution in [3.8, 4) is 0 Å². The summed E-state index contributed by atoms with van der Waals surface area (Å²) in [6, 6.07) is 4.00. The fourth-order valence-electron chi connectivity index (χ4n) is 1.42. The van der Waals surface area contributed by atoms with Crippen molar-refractivity contribution in [1.29, 1.82) is 0 Å². The van der Waals surface area contributed by atoms with E-state index in [0.29, 0.717) is 6.54 Å². The van der Waals surface area contributed by atoms with Gasteiger partial charge in [-0.05, 0) is 27.6 Å². The van der Waals surface area contributed by atoms with E-state index in [0.717, 1.165) is 16.8 Å². The zero-order chi connectivity index (χ0) is 10.7. The van der Waals surface area contributed by atoms with E-state index in [1.807, 2.05) is 28.9 Å². The van der Waals surface area contributed by atoms with Gasteiger partial charge in [0, 0.05) is 25.5 Å². The van der Waals surface area contributed by atoms with Crippen LogP contribution in [0.3, 0.4) is 0 Å². The molecule has 0 atom stereocenters. The minimum absolute atomic E-state index is 0.166. The quantitative estimate of drug-likeness (QED) is 0.820. The number of nitrogens with one attached hydrogen (secondary N) is 1. The molecule has 0 saturated carbocycles. The summed E-state index contributed by atoms with van der Waals surface area (Å²) in [4.78, 5) is 4.27. The highest BCUT2D eigenvalue weighted by Crippen LogP contribution is 2.11. The molecule has 4 nitrogen and oxygen atoms in total. The van der Waals surface area contributed by atoms with E-state index < -0.39 is 0 Å². The van der Waals surface area contributed by atoms with Crippen LogP contribution in [0.5, 0.6) is 0 Å². The first-order valence-corrected chi connectivity index (χ1v) is 5.53. The van der Waals surface area contributed by atoms with Gasteiger partial charge in [-0.25, -0.2) is 4.98 Å². The fraction of sp³-hybridized carbons (Fsp3) is 0.300. The highest BCUT2D eigenvalue weighted by atomic mass is 79.9. The molecule has 0 unspecified atom stereocenters. The van der Waals surface area contributed by atoms with Crippen LogP contribution in [-0.2, 0) is 6.54 Å². The van der Waals surface area contributed by atoms with E-state index in [9.17, 15) is 0 Å². The first-order valence-electron chi connectivity index (χ1n) is 4.74. The van der Waals surface area contributed by atoms with Crippen LogP contribution in [0.4, 0.5) is 0 Å². The highest BCUT2D eigenvalue weighted by Gasteiger charge is 1.99. The maximum absolute atomic E-state index is 8.64. The van der Waals surface area contributed by atoms with Gasteiger partial charge in [0.05, 0.1) is 6.61 Å². The van der Waals surface area contributed by atoms with Crippen LogP contribution in [0.25, 0.3) is 5.65 Å². The Morgan fingerprint density at radius 2 is 2.27 bits per heavy atom. The molecule has 0 amide bonds. The minimum Gasteiger partial charge on any atom is -0.395 e. The molecule has 0 bridgehead atoms. The molecule has 2 aromatic heterocycles. The maximum atomic E-state index is 8.64. The molecule has 15 heavy (non-hydrogen) atoms. The number of rotatable bonds is 4. The lowest BCUT2D eigenvalue weighted by molar-refractivity contribution is 0.292. The number of aliphatic hydroxyl groups excluding tert-OH is 1. The summed E-state index contributed by atoms with van der Waals surface area (Å²) in [5, 5.41) is 11.8. The second-order valence-corrected chi connectivity index (χ2v) is 4.08. The van der Waals surface area contributed by atoms with Crippen LogP contribution in [-0.4, -0.2) is 27.6 Å². The number of aromatic nitrogens is 2. The number of hydrogen-bond acceptors (Lipinski definition) is 3. The lowest BCUT2D eigenvalue weighted by Crippen LogP contribution is -2.17. The van der Waals surface area contributed by atoms with Crippen molar-refractivity contribution in [2.45, 2.75) is 6.54 Å². The second-order valence-electron chi connectivity index (χ2n) is 3.27. The van der Waals surface area contributed by atoms with Crippen molar-refractivity contribution in [1.82, 2.24) is 14.7 Å². The zero-order valence-electron chi connectivity index (χ0n) is 8.15. The first kappa shape index (κ1) is 10.6. The average molecular weight is 270 g/mol. The largest absolute Gasteiger partial charge is 0.395 e. The van der Waals surface area contributed by atoms with E-state index in [4.69, 9.17) is 5.11 Å². The van der Waals surface area contributed by atoms with Crippen molar-refractivity contribution >= 4 is 21.6 Å². The van der Waals surface area contributed by atoms with Gasteiger partial charge in [0.15, 0.2) is 0 Å². The minimum atomic E-state index is 0.166. The summed E-state index contributed by atoms with van der Waals surface area (Å²) >= 11 is 3.33. The third-order valence-electron chi connectivity index (χ3n) is 2.10. The molecule has 2 heterocycles. The Hall–Kier alpha value is -0.910. The Morgan fingerprint density at radius 1 is 1.40 bits per heavy atom. The van der Waals surface area contributed by atoms with Crippen LogP contribution in [0.15, 0.2) is 29.1 Å². The molecule has 80 valence electrons. The molecule has 2 rings (SSSR count). The molecule has 0 aromatic carbocycles. The highest BCUT2D eigenvalue weighted by molar-refractivity contribution is 9.10. The van der Waals surface area contributed by atoms with E-state index in [1.165, 1.54) is 5.56 Å². The van der Waals surface area contributed by atoms with Crippen LogP contribution < -0.4 is 5.32 Å². The number of imidazole rings is 1. The summed E-state index contributed by atoms with van der Waals surface area (Å²) in [6.45, 7) is 1.54. The van der Waals surface area contributed by atoms with Crippen molar-refractivity contribution in [3.63, 3.8) is 0 Å². The molecule has 0 spiro atoms. The molecular weight excluding hydrogens is 258 g/mol. The summed E-state index contributed by atoms with van der Waals surface area (Å²) in [5.41, 5.74) is 2.09. The van der Waals surface area contributed by atoms with Gasteiger partial charge in [0.1, 0.15) is 10.3 Å². The van der Waals surface area contributed by atoms with Gasteiger partial charge in [-0.1, -0.05) is 6.07 Å². The summed E-state index contributed by atoms with van der Waals surface area (Å²) in [5.74, 6) is 0. The van der Waals surface area contributed by atoms with E-state index in [1.54, 1.807) is 0 Å². The Kier molecular flexibility index (Phi) is 3.35. The average Bonchev–Trinajstić information content (AvgIpc) is 2.57. The van der Waals surface area contributed by atoms with Gasteiger partial charge in [0.2, 0.25) is 0 Å². The Labute approximate surface area is 96.1 Å².